The van der Waals surface area contributed by atoms with E-state index in [0.29, 0.717) is 12.8 Å². The SMILES string of the molecule is CS(=O)(=O)O.O=c1c2c([nH]c3ccccc13)[C@@H](c1ccc3c(c1)CCO3)N(c1ccccn1)C2. The predicted octanol–water partition coefficient (Wildman–Crippen LogP) is 3.47. The number of nitrogens with one attached hydrogen (secondary N) is 1. The first-order valence-corrected chi connectivity index (χ1v) is 12.6. The minimum absolute atomic E-state index is 0.0943. The van der Waals surface area contributed by atoms with Crippen LogP contribution in [0.15, 0.2) is 71.7 Å². The molecule has 2 aromatic heterocycles. The highest BCUT2D eigenvalue weighted by Gasteiger charge is 2.36. The second-order valence-corrected chi connectivity index (χ2v) is 9.77. The lowest BCUT2D eigenvalue weighted by Gasteiger charge is -2.26. The van der Waals surface area contributed by atoms with Gasteiger partial charge in [0.05, 0.1) is 31.1 Å². The molecule has 2 aliphatic rings. The highest BCUT2D eigenvalue weighted by atomic mass is 32.2. The van der Waals surface area contributed by atoms with Gasteiger partial charge >= 0.3 is 0 Å². The van der Waals surface area contributed by atoms with Crippen LogP contribution in [0.5, 0.6) is 5.75 Å². The van der Waals surface area contributed by atoms with Crippen molar-refractivity contribution in [2.45, 2.75) is 19.0 Å². The van der Waals surface area contributed by atoms with Crippen molar-refractivity contribution in [3.05, 3.63) is 99.5 Å². The second kappa shape index (κ2) is 8.58. The van der Waals surface area contributed by atoms with Crippen LogP contribution in [0.4, 0.5) is 5.82 Å². The normalized spacial score (nSPS) is 16.4. The number of ether oxygens (including phenoxy) is 1. The molecule has 0 unspecified atom stereocenters. The molecule has 0 spiro atoms. The quantitative estimate of drug-likeness (QED) is 0.425. The van der Waals surface area contributed by atoms with Crippen LogP contribution in [0.2, 0.25) is 0 Å². The van der Waals surface area contributed by atoms with E-state index in [9.17, 15) is 13.2 Å². The highest BCUT2D eigenvalue weighted by molar-refractivity contribution is 7.85. The molecule has 34 heavy (non-hydrogen) atoms. The van der Waals surface area contributed by atoms with Crippen molar-refractivity contribution in [3.8, 4) is 5.75 Å². The molecule has 0 radical (unpaired) electrons. The molecule has 1 atom stereocenters. The molecule has 8 nitrogen and oxygen atoms in total. The van der Waals surface area contributed by atoms with Crippen molar-refractivity contribution < 1.29 is 17.7 Å². The average molecular weight is 478 g/mol. The number of hydrogen-bond acceptors (Lipinski definition) is 6. The van der Waals surface area contributed by atoms with Gasteiger partial charge in [0.2, 0.25) is 0 Å². The molecule has 2 aromatic carbocycles. The molecule has 9 heteroatoms. The Morgan fingerprint density at radius 1 is 1.12 bits per heavy atom. The van der Waals surface area contributed by atoms with Gasteiger partial charge in [-0.15, -0.1) is 0 Å². The molecule has 0 bridgehead atoms. The zero-order valence-electron chi connectivity index (χ0n) is 18.4. The number of rotatable bonds is 2. The van der Waals surface area contributed by atoms with Gasteiger partial charge in [0.15, 0.2) is 5.43 Å². The number of benzene rings is 2. The molecule has 0 amide bonds. The number of anilines is 1. The van der Waals surface area contributed by atoms with Gasteiger partial charge in [-0.05, 0) is 47.5 Å². The Labute approximate surface area is 196 Å². The maximum Gasteiger partial charge on any atom is 0.261 e. The van der Waals surface area contributed by atoms with Crippen LogP contribution in [0, 0.1) is 0 Å². The molecule has 0 fully saturated rings. The molecule has 174 valence electrons. The summed E-state index contributed by atoms with van der Waals surface area (Å²) in [5.41, 5.74) is 5.11. The summed E-state index contributed by atoms with van der Waals surface area (Å²) < 4.78 is 31.6. The van der Waals surface area contributed by atoms with E-state index in [4.69, 9.17) is 9.29 Å². The first kappa shape index (κ1) is 22.1. The van der Waals surface area contributed by atoms with Crippen molar-refractivity contribution in [2.75, 3.05) is 17.8 Å². The van der Waals surface area contributed by atoms with Crippen LogP contribution in [0.25, 0.3) is 10.9 Å². The lowest BCUT2D eigenvalue weighted by molar-refractivity contribution is 0.357. The summed E-state index contributed by atoms with van der Waals surface area (Å²) in [6.07, 6.45) is 3.43. The van der Waals surface area contributed by atoms with Gasteiger partial charge in [0, 0.05) is 29.1 Å². The highest BCUT2D eigenvalue weighted by Crippen LogP contribution is 2.41. The number of pyridine rings is 2. The fourth-order valence-corrected chi connectivity index (χ4v) is 4.56. The fraction of sp³-hybridized carbons (Fsp3) is 0.200. The van der Waals surface area contributed by atoms with E-state index < -0.39 is 10.1 Å². The van der Waals surface area contributed by atoms with Crippen LogP contribution < -0.4 is 15.1 Å². The number of H-pyrrole nitrogens is 1. The van der Waals surface area contributed by atoms with Crippen LogP contribution in [-0.4, -0.2) is 35.8 Å². The van der Waals surface area contributed by atoms with Crippen LogP contribution in [0.1, 0.15) is 28.4 Å². The first-order valence-electron chi connectivity index (χ1n) is 10.8. The third-order valence-corrected chi connectivity index (χ3v) is 5.93. The largest absolute Gasteiger partial charge is 0.493 e. The van der Waals surface area contributed by atoms with Crippen molar-refractivity contribution in [1.29, 1.82) is 0 Å². The number of aromatic amines is 1. The summed E-state index contributed by atoms with van der Waals surface area (Å²) in [6, 6.07) is 19.9. The summed E-state index contributed by atoms with van der Waals surface area (Å²) in [4.78, 5) is 23.6. The topological polar surface area (TPSA) is 113 Å². The number of fused-ring (bicyclic) bond motifs is 3. The maximum absolute atomic E-state index is 13.3. The summed E-state index contributed by atoms with van der Waals surface area (Å²) in [5.74, 6) is 1.82. The van der Waals surface area contributed by atoms with Gasteiger partial charge in [-0.3, -0.25) is 9.35 Å². The van der Waals surface area contributed by atoms with Gasteiger partial charge in [0.1, 0.15) is 11.6 Å². The van der Waals surface area contributed by atoms with Crippen molar-refractivity contribution in [2.24, 2.45) is 0 Å². The van der Waals surface area contributed by atoms with Gasteiger partial charge in [0.25, 0.3) is 10.1 Å². The Hall–Kier alpha value is -3.69. The van der Waals surface area contributed by atoms with Crippen molar-refractivity contribution >= 4 is 26.8 Å². The zero-order valence-corrected chi connectivity index (χ0v) is 19.2. The Bertz CT molecular complexity index is 1530. The van der Waals surface area contributed by atoms with E-state index in [1.165, 1.54) is 5.56 Å². The molecule has 4 heterocycles. The summed E-state index contributed by atoms with van der Waals surface area (Å²) in [7, 11) is -3.67. The Balaban J connectivity index is 0.000000439. The average Bonchev–Trinajstić information content (AvgIpc) is 3.43. The van der Waals surface area contributed by atoms with Crippen molar-refractivity contribution in [3.63, 3.8) is 0 Å². The number of hydrogen-bond donors (Lipinski definition) is 2. The number of aromatic nitrogens is 2. The summed E-state index contributed by atoms with van der Waals surface area (Å²) >= 11 is 0. The van der Waals surface area contributed by atoms with Gasteiger partial charge in [-0.2, -0.15) is 8.42 Å². The Morgan fingerprint density at radius 3 is 2.65 bits per heavy atom. The summed E-state index contributed by atoms with van der Waals surface area (Å²) in [6.45, 7) is 1.26. The number of para-hydroxylation sites is 1. The van der Waals surface area contributed by atoms with Crippen LogP contribution >= 0.6 is 0 Å². The van der Waals surface area contributed by atoms with Gasteiger partial charge in [-0.25, -0.2) is 4.98 Å². The summed E-state index contributed by atoms with van der Waals surface area (Å²) in [5, 5.41) is 0.732. The molecule has 2 N–H and O–H groups in total. The first-order chi connectivity index (χ1) is 16.3. The second-order valence-electron chi connectivity index (χ2n) is 8.31. The lowest BCUT2D eigenvalue weighted by Crippen LogP contribution is -2.23. The monoisotopic (exact) mass is 477 g/mol. The van der Waals surface area contributed by atoms with Crippen LogP contribution in [0.3, 0.4) is 0 Å². The molecule has 6 rings (SSSR count). The molecule has 0 aliphatic carbocycles. The number of nitrogens with zero attached hydrogens (tertiary/aromatic N) is 2. The van der Waals surface area contributed by atoms with E-state index >= 15 is 0 Å². The fourth-order valence-electron chi connectivity index (χ4n) is 4.56. The smallest absolute Gasteiger partial charge is 0.261 e. The van der Waals surface area contributed by atoms with E-state index in [2.05, 4.69) is 27.0 Å². The predicted molar refractivity (Wildman–Crippen MR) is 130 cm³/mol. The van der Waals surface area contributed by atoms with Crippen molar-refractivity contribution in [1.82, 2.24) is 9.97 Å². The molecule has 0 saturated carbocycles. The Kier molecular flexibility index (Phi) is 5.59. The van der Waals surface area contributed by atoms with Crippen LogP contribution in [-0.2, 0) is 23.1 Å². The Morgan fingerprint density at radius 2 is 1.88 bits per heavy atom. The zero-order chi connectivity index (χ0) is 23.9. The third kappa shape index (κ3) is 4.27. The minimum atomic E-state index is -3.67. The van der Waals surface area contributed by atoms with E-state index in [-0.39, 0.29) is 11.5 Å². The van der Waals surface area contributed by atoms with E-state index in [1.807, 2.05) is 48.5 Å². The lowest BCUT2D eigenvalue weighted by atomic mass is 9.98. The standard InChI is InChI=1S/C24H19N3O2.CH4O3S/c28-24-17-5-1-2-6-19(17)26-22-18(24)14-27(21-7-3-4-11-25-21)23(22)16-8-9-20-15(13-16)10-12-29-20;1-5(2,3)4/h1-9,11,13,23H,10,12,14H2,(H,26,28);1H3,(H,2,3,4)/t23-;/m1./s1. The minimum Gasteiger partial charge on any atom is -0.493 e. The van der Waals surface area contributed by atoms with Gasteiger partial charge in [-0.1, -0.05) is 24.3 Å². The maximum atomic E-state index is 13.3. The molecular formula is C25H23N3O5S. The van der Waals surface area contributed by atoms with Gasteiger partial charge < -0.3 is 14.6 Å². The van der Waals surface area contributed by atoms with E-state index in [0.717, 1.165) is 52.3 Å². The molecule has 0 saturated heterocycles. The van der Waals surface area contributed by atoms with E-state index in [1.54, 1.807) is 6.20 Å². The molecular weight excluding hydrogens is 454 g/mol. The molecule has 2 aliphatic heterocycles. The third-order valence-electron chi connectivity index (χ3n) is 5.93. The molecule has 4 aromatic rings.